The summed E-state index contributed by atoms with van der Waals surface area (Å²) in [7, 11) is 0. The second-order valence-electron chi connectivity index (χ2n) is 6.67. The Morgan fingerprint density at radius 3 is 2.87 bits per heavy atom. The number of nitrogens with one attached hydrogen (secondary N) is 2. The Labute approximate surface area is 177 Å². The zero-order chi connectivity index (χ0) is 20.9. The molecule has 0 atom stereocenters. The van der Waals surface area contributed by atoms with Crippen LogP contribution in [-0.4, -0.2) is 26.8 Å². The van der Waals surface area contributed by atoms with Gasteiger partial charge in [-0.05, 0) is 23.8 Å². The summed E-state index contributed by atoms with van der Waals surface area (Å²) in [6.07, 6.45) is 5.30. The smallest absolute Gasteiger partial charge is 0.222 e. The molecule has 2 aromatic carbocycles. The first-order valence-electron chi connectivity index (χ1n) is 9.44. The maximum atomic E-state index is 13.7. The first-order valence-corrected chi connectivity index (χ1v) is 9.81. The summed E-state index contributed by atoms with van der Waals surface area (Å²) in [5.74, 6) is 0.231. The predicted molar refractivity (Wildman–Crippen MR) is 115 cm³/mol. The fraction of sp³-hybridized carbons (Fsp3) is 0.136. The zero-order valence-corrected chi connectivity index (χ0v) is 16.7. The molecule has 0 saturated carbocycles. The summed E-state index contributed by atoms with van der Waals surface area (Å²) in [5.41, 5.74) is 2.73. The molecular formula is C22H19ClFN5O. The third kappa shape index (κ3) is 4.41. The Bertz CT molecular complexity index is 1190. The van der Waals surface area contributed by atoms with Gasteiger partial charge < -0.3 is 10.6 Å². The first-order chi connectivity index (χ1) is 14.6. The van der Waals surface area contributed by atoms with Gasteiger partial charge in [0.15, 0.2) is 5.65 Å². The molecule has 0 bridgehead atoms. The largest absolute Gasteiger partial charge is 0.369 e. The number of amides is 1. The number of nitrogens with zero attached hydrogens (tertiary/aromatic N) is 3. The minimum atomic E-state index is -0.340. The molecule has 0 aliphatic heterocycles. The molecule has 0 radical (unpaired) electrons. The van der Waals surface area contributed by atoms with E-state index in [-0.39, 0.29) is 18.1 Å². The van der Waals surface area contributed by atoms with Crippen LogP contribution in [0.5, 0.6) is 0 Å². The van der Waals surface area contributed by atoms with Gasteiger partial charge in [-0.3, -0.25) is 14.2 Å². The van der Waals surface area contributed by atoms with Gasteiger partial charge >= 0.3 is 0 Å². The molecule has 30 heavy (non-hydrogen) atoms. The number of rotatable bonds is 7. The van der Waals surface area contributed by atoms with E-state index in [1.807, 2.05) is 22.6 Å². The van der Waals surface area contributed by atoms with Crippen molar-refractivity contribution >= 4 is 29.0 Å². The molecule has 4 rings (SSSR count). The van der Waals surface area contributed by atoms with E-state index in [0.717, 1.165) is 5.56 Å². The van der Waals surface area contributed by atoms with Crippen molar-refractivity contribution in [3.8, 4) is 11.3 Å². The third-order valence-corrected chi connectivity index (χ3v) is 4.98. The Kier molecular flexibility index (Phi) is 5.90. The lowest BCUT2D eigenvalue weighted by Crippen LogP contribution is -2.25. The van der Waals surface area contributed by atoms with Crippen molar-refractivity contribution in [1.29, 1.82) is 0 Å². The monoisotopic (exact) mass is 423 g/mol. The average Bonchev–Trinajstić information content (AvgIpc) is 3.12. The van der Waals surface area contributed by atoms with Crippen molar-refractivity contribution in [2.24, 2.45) is 0 Å². The minimum Gasteiger partial charge on any atom is -0.369 e. The van der Waals surface area contributed by atoms with E-state index in [9.17, 15) is 9.18 Å². The van der Waals surface area contributed by atoms with Crippen molar-refractivity contribution in [3.05, 3.63) is 83.5 Å². The number of hydrogen-bond acceptors (Lipinski definition) is 4. The van der Waals surface area contributed by atoms with E-state index in [4.69, 9.17) is 11.6 Å². The Morgan fingerprint density at radius 1 is 1.17 bits per heavy atom. The van der Waals surface area contributed by atoms with Gasteiger partial charge in [0.25, 0.3) is 0 Å². The highest BCUT2D eigenvalue weighted by molar-refractivity contribution is 6.31. The van der Waals surface area contributed by atoms with Crippen molar-refractivity contribution in [2.75, 3.05) is 11.9 Å². The molecule has 2 aromatic heterocycles. The molecule has 0 fully saturated rings. The highest BCUT2D eigenvalue weighted by atomic mass is 35.5. The molecule has 0 saturated heterocycles. The van der Waals surface area contributed by atoms with Gasteiger partial charge in [-0.2, -0.15) is 0 Å². The van der Waals surface area contributed by atoms with Crippen molar-refractivity contribution < 1.29 is 9.18 Å². The quantitative estimate of drug-likeness (QED) is 0.464. The number of carbonyl (C=O) groups is 1. The highest BCUT2D eigenvalue weighted by Crippen LogP contribution is 2.28. The molecule has 0 aliphatic rings. The van der Waals surface area contributed by atoms with Gasteiger partial charge in [0.05, 0.1) is 6.20 Å². The molecule has 4 aromatic rings. The first kappa shape index (κ1) is 19.8. The molecule has 6 nitrogen and oxygen atoms in total. The molecule has 0 spiro atoms. The third-order valence-electron chi connectivity index (χ3n) is 4.61. The van der Waals surface area contributed by atoms with Crippen LogP contribution in [-0.2, 0) is 11.3 Å². The van der Waals surface area contributed by atoms with Crippen LogP contribution < -0.4 is 10.6 Å². The van der Waals surface area contributed by atoms with Gasteiger partial charge in [0.2, 0.25) is 5.91 Å². The highest BCUT2D eigenvalue weighted by Gasteiger charge is 2.15. The lowest BCUT2D eigenvalue weighted by Gasteiger charge is -2.10. The van der Waals surface area contributed by atoms with Crippen LogP contribution in [0, 0.1) is 5.82 Å². The second-order valence-corrected chi connectivity index (χ2v) is 7.08. The summed E-state index contributed by atoms with van der Waals surface area (Å²) in [4.78, 5) is 20.9. The van der Waals surface area contributed by atoms with E-state index in [1.165, 1.54) is 12.1 Å². The Hall–Kier alpha value is -3.45. The van der Waals surface area contributed by atoms with E-state index in [2.05, 4.69) is 20.6 Å². The topological polar surface area (TPSA) is 71.3 Å². The number of benzene rings is 2. The fourth-order valence-electron chi connectivity index (χ4n) is 3.13. The van der Waals surface area contributed by atoms with Gasteiger partial charge in [-0.15, -0.1) is 0 Å². The second kappa shape index (κ2) is 8.92. The summed E-state index contributed by atoms with van der Waals surface area (Å²) in [5, 5.41) is 6.74. The normalized spacial score (nSPS) is 10.9. The van der Waals surface area contributed by atoms with Crippen molar-refractivity contribution in [2.45, 2.75) is 13.0 Å². The summed E-state index contributed by atoms with van der Waals surface area (Å²) in [6, 6.07) is 13.6. The van der Waals surface area contributed by atoms with Crippen LogP contribution in [0.25, 0.3) is 16.9 Å². The van der Waals surface area contributed by atoms with Crippen LogP contribution in [0.4, 0.5) is 10.2 Å². The molecule has 0 aliphatic carbocycles. The predicted octanol–water partition coefficient (Wildman–Crippen LogP) is 4.31. The van der Waals surface area contributed by atoms with E-state index < -0.39 is 0 Å². The zero-order valence-electron chi connectivity index (χ0n) is 16.0. The number of imidazole rings is 1. The molecule has 2 N–H and O–H groups in total. The van der Waals surface area contributed by atoms with Crippen molar-refractivity contribution in [3.63, 3.8) is 0 Å². The molecule has 152 valence electrons. The fourth-order valence-corrected chi connectivity index (χ4v) is 3.33. The van der Waals surface area contributed by atoms with E-state index >= 15 is 0 Å². The number of fused-ring (bicyclic) bond motifs is 1. The summed E-state index contributed by atoms with van der Waals surface area (Å²) >= 11 is 6.12. The number of aromatic nitrogens is 3. The van der Waals surface area contributed by atoms with Crippen LogP contribution in [0.1, 0.15) is 12.0 Å². The van der Waals surface area contributed by atoms with Crippen LogP contribution in [0.15, 0.2) is 67.1 Å². The number of hydrogen-bond donors (Lipinski definition) is 2. The SMILES string of the molecule is O=C(CCNc1c(-c2cccc(F)c2)nc2cnccn12)NCc1ccccc1Cl. The molecule has 0 unspecified atom stereocenters. The van der Waals surface area contributed by atoms with E-state index in [1.54, 1.807) is 36.8 Å². The van der Waals surface area contributed by atoms with Crippen LogP contribution in [0.2, 0.25) is 5.02 Å². The summed E-state index contributed by atoms with van der Waals surface area (Å²) < 4.78 is 15.5. The van der Waals surface area contributed by atoms with E-state index in [0.29, 0.717) is 40.8 Å². The summed E-state index contributed by atoms with van der Waals surface area (Å²) in [6.45, 7) is 0.751. The molecule has 8 heteroatoms. The average molecular weight is 424 g/mol. The number of halogens is 2. The van der Waals surface area contributed by atoms with Gasteiger partial charge in [0.1, 0.15) is 17.3 Å². The lowest BCUT2D eigenvalue weighted by molar-refractivity contribution is -0.121. The van der Waals surface area contributed by atoms with Gasteiger partial charge in [-0.1, -0.05) is 41.9 Å². The maximum absolute atomic E-state index is 13.7. The maximum Gasteiger partial charge on any atom is 0.222 e. The Balaban J connectivity index is 1.45. The molecular weight excluding hydrogens is 405 g/mol. The number of anilines is 1. The Morgan fingerprint density at radius 2 is 2.03 bits per heavy atom. The van der Waals surface area contributed by atoms with Crippen LogP contribution >= 0.6 is 11.6 Å². The number of carbonyl (C=O) groups excluding carboxylic acids is 1. The van der Waals surface area contributed by atoms with Crippen molar-refractivity contribution in [1.82, 2.24) is 19.7 Å². The molecule has 2 heterocycles. The molecule has 1 amide bonds. The standard InChI is InChI=1S/C22H19ClFN5O/c23-18-7-2-1-4-16(18)13-27-20(30)8-9-26-22-21(15-5-3-6-17(24)12-15)28-19-14-25-10-11-29(19)22/h1-7,10-12,14,26H,8-9,13H2,(H,27,30). The van der Waals surface area contributed by atoms with Gasteiger partial charge in [-0.25, -0.2) is 9.37 Å². The minimum absolute atomic E-state index is 0.106. The lowest BCUT2D eigenvalue weighted by atomic mass is 10.1. The van der Waals surface area contributed by atoms with Gasteiger partial charge in [0, 0.05) is 42.5 Å². The van der Waals surface area contributed by atoms with Crippen LogP contribution in [0.3, 0.4) is 0 Å².